The minimum absolute atomic E-state index is 0.0352. The summed E-state index contributed by atoms with van der Waals surface area (Å²) in [5.41, 5.74) is 10.7. The van der Waals surface area contributed by atoms with Crippen molar-refractivity contribution in [1.82, 2.24) is 24.0 Å². The average Bonchev–Trinajstić information content (AvgIpc) is 3.30. The van der Waals surface area contributed by atoms with E-state index in [2.05, 4.69) is 27.1 Å². The fourth-order valence-electron chi connectivity index (χ4n) is 4.56. The molecule has 30 heavy (non-hydrogen) atoms. The smallest absolute Gasteiger partial charge is 0.253 e. The number of hydrogen-bond acceptors (Lipinski definition) is 4. The van der Waals surface area contributed by atoms with Gasteiger partial charge in [0.25, 0.3) is 5.91 Å². The van der Waals surface area contributed by atoms with Crippen LogP contribution in [-0.4, -0.2) is 49.0 Å². The first kappa shape index (κ1) is 18.8. The number of benzene rings is 1. The van der Waals surface area contributed by atoms with Crippen LogP contribution >= 0.6 is 0 Å². The molecule has 0 aliphatic carbocycles. The summed E-state index contributed by atoms with van der Waals surface area (Å²) < 4.78 is 4.32. The minimum atomic E-state index is 0.0352. The average molecular weight is 403 g/mol. The molecule has 5 rings (SSSR count). The third-order valence-electron chi connectivity index (χ3n) is 6.12. The Kier molecular flexibility index (Phi) is 4.55. The molecule has 154 valence electrons. The summed E-state index contributed by atoms with van der Waals surface area (Å²) in [6, 6.07) is 10.0. The molecule has 1 saturated heterocycles. The number of aromatic nitrogens is 4. The predicted molar refractivity (Wildman–Crippen MR) is 118 cm³/mol. The number of amides is 1. The van der Waals surface area contributed by atoms with Crippen molar-refractivity contribution < 1.29 is 4.79 Å². The molecular formula is C23H26N6O. The molecular weight excluding hydrogens is 376 g/mol. The number of nitrogens with two attached hydrogens (primary N) is 1. The van der Waals surface area contributed by atoms with Crippen LogP contribution in [0.4, 0.5) is 0 Å². The number of carbonyl (C=O) groups is 1. The number of hydrogen-bond donors (Lipinski definition) is 1. The Morgan fingerprint density at radius 2 is 2.10 bits per heavy atom. The maximum absolute atomic E-state index is 13.0. The SMILES string of the molecule is CCn1c(-c2nc3cc(C(=O)N4CCCC(N)C4)ccc3n2C)cc2ccncc21. The molecule has 1 atom stereocenters. The van der Waals surface area contributed by atoms with E-state index in [1.807, 2.05) is 48.6 Å². The Morgan fingerprint density at radius 3 is 2.90 bits per heavy atom. The van der Waals surface area contributed by atoms with E-state index in [9.17, 15) is 4.79 Å². The van der Waals surface area contributed by atoms with Crippen LogP contribution in [-0.2, 0) is 13.6 Å². The van der Waals surface area contributed by atoms with E-state index in [1.165, 1.54) is 0 Å². The van der Waals surface area contributed by atoms with Crippen molar-refractivity contribution in [3.8, 4) is 11.5 Å². The highest BCUT2D eigenvalue weighted by atomic mass is 16.2. The standard InChI is InChI=1S/C23H26N6O/c1-3-29-20(12-15-8-9-25-13-21(15)29)22-26-18-11-16(6-7-19(18)27(22)2)23(30)28-10-4-5-17(24)14-28/h6-9,11-13,17H,3-5,10,14,24H2,1-2H3. The van der Waals surface area contributed by atoms with Crippen LogP contribution in [0.1, 0.15) is 30.1 Å². The number of rotatable bonds is 3. The third kappa shape index (κ3) is 2.97. The van der Waals surface area contributed by atoms with E-state index in [1.54, 1.807) is 0 Å². The fourth-order valence-corrected chi connectivity index (χ4v) is 4.56. The number of fused-ring (bicyclic) bond motifs is 2. The van der Waals surface area contributed by atoms with Gasteiger partial charge >= 0.3 is 0 Å². The third-order valence-corrected chi connectivity index (χ3v) is 6.12. The molecule has 1 unspecified atom stereocenters. The molecule has 1 aliphatic heterocycles. The van der Waals surface area contributed by atoms with Gasteiger partial charge < -0.3 is 19.8 Å². The van der Waals surface area contributed by atoms with E-state index >= 15 is 0 Å². The number of carbonyl (C=O) groups excluding carboxylic acids is 1. The second-order valence-electron chi connectivity index (χ2n) is 8.06. The van der Waals surface area contributed by atoms with Crippen LogP contribution in [0.3, 0.4) is 0 Å². The van der Waals surface area contributed by atoms with Crippen molar-refractivity contribution in [3.05, 3.63) is 48.3 Å². The van der Waals surface area contributed by atoms with Gasteiger partial charge in [-0.1, -0.05) is 0 Å². The first-order valence-corrected chi connectivity index (χ1v) is 10.5. The van der Waals surface area contributed by atoms with Crippen molar-refractivity contribution in [2.45, 2.75) is 32.4 Å². The summed E-state index contributed by atoms with van der Waals surface area (Å²) in [6.45, 7) is 4.34. The Bertz CT molecular complexity index is 1250. The van der Waals surface area contributed by atoms with E-state index in [0.29, 0.717) is 12.1 Å². The van der Waals surface area contributed by atoms with Crippen LogP contribution in [0.5, 0.6) is 0 Å². The van der Waals surface area contributed by atoms with Crippen LogP contribution in [0, 0.1) is 0 Å². The molecule has 0 spiro atoms. The summed E-state index contributed by atoms with van der Waals surface area (Å²) in [5, 5.41) is 1.14. The number of pyridine rings is 1. The van der Waals surface area contributed by atoms with Crippen LogP contribution in [0.2, 0.25) is 0 Å². The lowest BCUT2D eigenvalue weighted by molar-refractivity contribution is 0.0709. The predicted octanol–water partition coefficient (Wildman–Crippen LogP) is 3.17. The molecule has 3 aromatic heterocycles. The van der Waals surface area contributed by atoms with Crippen LogP contribution < -0.4 is 5.73 Å². The molecule has 0 radical (unpaired) electrons. The van der Waals surface area contributed by atoms with Gasteiger partial charge in [-0.05, 0) is 50.1 Å². The minimum Gasteiger partial charge on any atom is -0.337 e. The van der Waals surface area contributed by atoms with Crippen molar-refractivity contribution in [2.75, 3.05) is 13.1 Å². The monoisotopic (exact) mass is 402 g/mol. The van der Waals surface area contributed by atoms with Gasteiger partial charge in [-0.2, -0.15) is 0 Å². The summed E-state index contributed by atoms with van der Waals surface area (Å²) >= 11 is 0. The highest BCUT2D eigenvalue weighted by Gasteiger charge is 2.23. The lowest BCUT2D eigenvalue weighted by atomic mass is 10.1. The lowest BCUT2D eigenvalue weighted by Crippen LogP contribution is -2.45. The van der Waals surface area contributed by atoms with E-state index in [-0.39, 0.29) is 11.9 Å². The van der Waals surface area contributed by atoms with E-state index < -0.39 is 0 Å². The van der Waals surface area contributed by atoms with Gasteiger partial charge in [0.05, 0.1) is 28.4 Å². The molecule has 7 heteroatoms. The van der Waals surface area contributed by atoms with Gasteiger partial charge in [0, 0.05) is 49.9 Å². The molecule has 0 bridgehead atoms. The van der Waals surface area contributed by atoms with E-state index in [0.717, 1.165) is 59.4 Å². The highest BCUT2D eigenvalue weighted by molar-refractivity contribution is 5.98. The molecule has 1 aromatic carbocycles. The van der Waals surface area contributed by atoms with Crippen LogP contribution in [0.15, 0.2) is 42.7 Å². The largest absolute Gasteiger partial charge is 0.337 e. The molecule has 4 aromatic rings. The zero-order chi connectivity index (χ0) is 20.8. The van der Waals surface area contributed by atoms with Gasteiger partial charge in [-0.15, -0.1) is 0 Å². The maximum Gasteiger partial charge on any atom is 0.253 e. The maximum atomic E-state index is 13.0. The second-order valence-corrected chi connectivity index (χ2v) is 8.06. The number of likely N-dealkylation sites (tertiary alicyclic amines) is 1. The topological polar surface area (TPSA) is 82.0 Å². The Labute approximate surface area is 175 Å². The van der Waals surface area contributed by atoms with Crippen molar-refractivity contribution in [2.24, 2.45) is 12.8 Å². The lowest BCUT2D eigenvalue weighted by Gasteiger charge is -2.30. The number of imidazole rings is 1. The molecule has 1 amide bonds. The molecule has 1 fully saturated rings. The summed E-state index contributed by atoms with van der Waals surface area (Å²) in [4.78, 5) is 24.0. The van der Waals surface area contributed by atoms with Crippen molar-refractivity contribution >= 4 is 27.8 Å². The molecule has 7 nitrogen and oxygen atoms in total. The Hall–Kier alpha value is -3.19. The van der Waals surface area contributed by atoms with Gasteiger partial charge in [-0.25, -0.2) is 4.98 Å². The number of aryl methyl sites for hydroxylation is 2. The number of piperidine rings is 1. The molecule has 0 saturated carbocycles. The van der Waals surface area contributed by atoms with Gasteiger partial charge in [-0.3, -0.25) is 9.78 Å². The van der Waals surface area contributed by atoms with Crippen LogP contribution in [0.25, 0.3) is 33.5 Å². The quantitative estimate of drug-likeness (QED) is 0.571. The van der Waals surface area contributed by atoms with Gasteiger partial charge in [0.15, 0.2) is 5.82 Å². The summed E-state index contributed by atoms with van der Waals surface area (Å²) in [7, 11) is 2.02. The van der Waals surface area contributed by atoms with Gasteiger partial charge in [0.1, 0.15) is 0 Å². The zero-order valence-electron chi connectivity index (χ0n) is 17.4. The molecule has 2 N–H and O–H groups in total. The summed E-state index contributed by atoms with van der Waals surface area (Å²) in [5.74, 6) is 0.917. The Morgan fingerprint density at radius 1 is 1.23 bits per heavy atom. The number of nitrogens with zero attached hydrogens (tertiary/aromatic N) is 5. The van der Waals surface area contributed by atoms with Crippen molar-refractivity contribution in [3.63, 3.8) is 0 Å². The highest BCUT2D eigenvalue weighted by Crippen LogP contribution is 2.30. The Balaban J connectivity index is 1.57. The normalized spacial score (nSPS) is 17.2. The second kappa shape index (κ2) is 7.25. The van der Waals surface area contributed by atoms with Gasteiger partial charge in [0.2, 0.25) is 0 Å². The fraction of sp³-hybridized carbons (Fsp3) is 0.348. The first-order chi connectivity index (χ1) is 14.6. The van der Waals surface area contributed by atoms with E-state index in [4.69, 9.17) is 10.7 Å². The molecule has 1 aliphatic rings. The van der Waals surface area contributed by atoms with Crippen molar-refractivity contribution in [1.29, 1.82) is 0 Å². The molecule has 4 heterocycles. The zero-order valence-corrected chi connectivity index (χ0v) is 17.4. The summed E-state index contributed by atoms with van der Waals surface area (Å²) in [6.07, 6.45) is 5.64. The first-order valence-electron chi connectivity index (χ1n) is 10.5.